The number of rotatable bonds is 7. The van der Waals surface area contributed by atoms with Gasteiger partial charge >= 0.3 is 0 Å². The van der Waals surface area contributed by atoms with Gasteiger partial charge in [-0.2, -0.15) is 0 Å². The van der Waals surface area contributed by atoms with Crippen LogP contribution in [-0.2, 0) is 4.79 Å². The van der Waals surface area contributed by atoms with Gasteiger partial charge in [-0.25, -0.2) is 0 Å². The molecule has 0 fully saturated rings. The van der Waals surface area contributed by atoms with E-state index in [9.17, 15) is 9.59 Å². The molecule has 0 saturated heterocycles. The van der Waals surface area contributed by atoms with Crippen molar-refractivity contribution in [2.75, 3.05) is 11.4 Å². The molecule has 0 heterocycles. The van der Waals surface area contributed by atoms with Crippen molar-refractivity contribution < 1.29 is 9.59 Å². The Morgan fingerprint density at radius 2 is 1.39 bits per heavy atom. The maximum Gasteiger partial charge on any atom is 0.251 e. The Bertz CT molecular complexity index is 1120. The van der Waals surface area contributed by atoms with Gasteiger partial charge in [0.15, 0.2) is 0 Å². The zero-order chi connectivity index (χ0) is 23.0. The number of anilines is 2. The molecule has 3 aromatic rings. The van der Waals surface area contributed by atoms with E-state index in [0.717, 1.165) is 22.6 Å². The van der Waals surface area contributed by atoms with E-state index in [2.05, 4.69) is 10.6 Å². The zero-order valence-corrected chi connectivity index (χ0v) is 18.6. The van der Waals surface area contributed by atoms with Crippen molar-refractivity contribution in [3.05, 3.63) is 120 Å². The highest BCUT2D eigenvalue weighted by Crippen LogP contribution is 2.24. The summed E-state index contributed by atoms with van der Waals surface area (Å²) in [5.74, 6) is -0.242. The van der Waals surface area contributed by atoms with Gasteiger partial charge in [0.25, 0.3) is 5.91 Å². The van der Waals surface area contributed by atoms with Gasteiger partial charge in [0.2, 0.25) is 5.91 Å². The average molecular weight is 438 g/mol. The molecular weight excluding hydrogens is 410 g/mol. The number of hydrogen-bond donors (Lipinski definition) is 2. The second-order valence-corrected chi connectivity index (χ2v) is 8.04. The van der Waals surface area contributed by atoms with Crippen molar-refractivity contribution in [1.82, 2.24) is 10.6 Å². The topological polar surface area (TPSA) is 61.4 Å². The van der Waals surface area contributed by atoms with Gasteiger partial charge < -0.3 is 15.5 Å². The number of para-hydroxylation sites is 2. The van der Waals surface area contributed by atoms with Gasteiger partial charge in [-0.05, 0) is 49.4 Å². The number of amides is 2. The fraction of sp³-hybridized carbons (Fsp3) is 0.143. The Morgan fingerprint density at radius 3 is 1.97 bits per heavy atom. The predicted octanol–water partition coefficient (Wildman–Crippen LogP) is 4.97. The molecule has 2 amide bonds. The van der Waals surface area contributed by atoms with Crippen molar-refractivity contribution in [1.29, 1.82) is 0 Å². The first kappa shape index (κ1) is 22.1. The highest BCUT2D eigenvalue weighted by molar-refractivity contribution is 5.94. The summed E-state index contributed by atoms with van der Waals surface area (Å²) in [6.45, 7) is 2.14. The molecule has 166 valence electrons. The van der Waals surface area contributed by atoms with Crippen LogP contribution in [0.4, 0.5) is 11.4 Å². The number of nitrogens with one attached hydrogen (secondary N) is 2. The summed E-state index contributed by atoms with van der Waals surface area (Å²) in [7, 11) is 0. The van der Waals surface area contributed by atoms with Crippen molar-refractivity contribution in [3.63, 3.8) is 0 Å². The third-order valence-electron chi connectivity index (χ3n) is 5.40. The van der Waals surface area contributed by atoms with Crippen LogP contribution in [0.25, 0.3) is 0 Å². The Morgan fingerprint density at radius 1 is 0.848 bits per heavy atom. The van der Waals surface area contributed by atoms with Crippen molar-refractivity contribution in [3.8, 4) is 0 Å². The fourth-order valence-corrected chi connectivity index (χ4v) is 3.93. The Kier molecular flexibility index (Phi) is 7.00. The normalized spacial score (nSPS) is 15.1. The molecule has 5 nitrogen and oxygen atoms in total. The van der Waals surface area contributed by atoms with Crippen LogP contribution in [-0.4, -0.2) is 24.4 Å². The predicted molar refractivity (Wildman–Crippen MR) is 132 cm³/mol. The third-order valence-corrected chi connectivity index (χ3v) is 5.40. The first-order valence-corrected chi connectivity index (χ1v) is 11.0. The number of benzene rings is 3. The van der Waals surface area contributed by atoms with E-state index in [4.69, 9.17) is 0 Å². The first-order valence-electron chi connectivity index (χ1n) is 11.0. The molecule has 1 atom stereocenters. The van der Waals surface area contributed by atoms with Crippen LogP contribution >= 0.6 is 0 Å². The molecule has 0 saturated carbocycles. The minimum Gasteiger partial charge on any atom is -0.345 e. The molecule has 2 N–H and O–H groups in total. The summed E-state index contributed by atoms with van der Waals surface area (Å²) < 4.78 is 0. The second kappa shape index (κ2) is 10.5. The zero-order valence-electron chi connectivity index (χ0n) is 18.6. The number of nitrogens with zero attached hydrogens (tertiary/aromatic N) is 1. The molecule has 0 bridgehead atoms. The van der Waals surface area contributed by atoms with Crippen molar-refractivity contribution in [2.24, 2.45) is 0 Å². The highest BCUT2D eigenvalue weighted by Gasteiger charge is 2.20. The molecule has 1 aliphatic carbocycles. The van der Waals surface area contributed by atoms with Crippen LogP contribution in [0.5, 0.6) is 0 Å². The quantitative estimate of drug-likeness (QED) is 0.548. The molecule has 0 radical (unpaired) electrons. The van der Waals surface area contributed by atoms with E-state index in [0.29, 0.717) is 12.0 Å². The summed E-state index contributed by atoms with van der Waals surface area (Å²) in [5, 5.41) is 6.09. The lowest BCUT2D eigenvalue weighted by Gasteiger charge is -2.26. The van der Waals surface area contributed by atoms with Crippen LogP contribution in [0.2, 0.25) is 0 Å². The SMILES string of the molecule is CC1=CC(NC(=O)c2ccccc2)CC(NC(=O)CN(c2ccccc2)c2ccccc2)=C1. The average Bonchev–Trinajstić information content (AvgIpc) is 2.84. The monoisotopic (exact) mass is 437 g/mol. The van der Waals surface area contributed by atoms with E-state index in [1.165, 1.54) is 0 Å². The molecule has 1 aliphatic rings. The molecule has 0 aromatic heterocycles. The highest BCUT2D eigenvalue weighted by atomic mass is 16.2. The van der Waals surface area contributed by atoms with Gasteiger partial charge in [-0.3, -0.25) is 9.59 Å². The van der Waals surface area contributed by atoms with Gasteiger partial charge in [0, 0.05) is 29.1 Å². The lowest BCUT2D eigenvalue weighted by Crippen LogP contribution is -2.39. The molecule has 33 heavy (non-hydrogen) atoms. The van der Waals surface area contributed by atoms with Crippen LogP contribution in [0.1, 0.15) is 23.7 Å². The van der Waals surface area contributed by atoms with Crippen molar-refractivity contribution >= 4 is 23.2 Å². The summed E-state index contributed by atoms with van der Waals surface area (Å²) in [6, 6.07) is 28.7. The van der Waals surface area contributed by atoms with E-state index in [-0.39, 0.29) is 24.4 Å². The number of carbonyl (C=O) groups excluding carboxylic acids is 2. The minimum absolute atomic E-state index is 0.114. The lowest BCUT2D eigenvalue weighted by atomic mass is 10.00. The maximum atomic E-state index is 13.0. The second-order valence-electron chi connectivity index (χ2n) is 8.04. The molecule has 0 spiro atoms. The van der Waals surface area contributed by atoms with E-state index in [1.54, 1.807) is 12.1 Å². The molecule has 3 aromatic carbocycles. The first-order chi connectivity index (χ1) is 16.1. The van der Waals surface area contributed by atoms with Crippen LogP contribution in [0.15, 0.2) is 114 Å². The van der Waals surface area contributed by atoms with Gasteiger partial charge in [0.05, 0.1) is 6.04 Å². The summed E-state index contributed by atoms with van der Waals surface area (Å²) in [5.41, 5.74) is 4.29. The standard InChI is InChI=1S/C28H27N3O2/c1-21-17-23(19-24(18-21)30-28(33)22-11-5-2-6-12-22)29-27(32)20-31(25-13-7-3-8-14-25)26-15-9-4-10-16-26/h2-18,24H,19-20H2,1H3,(H,29,32)(H,30,33). The minimum atomic E-state index is -0.183. The summed E-state index contributed by atoms with van der Waals surface area (Å²) >= 11 is 0. The largest absolute Gasteiger partial charge is 0.345 e. The fourth-order valence-electron chi connectivity index (χ4n) is 3.93. The lowest BCUT2D eigenvalue weighted by molar-refractivity contribution is -0.119. The molecule has 1 unspecified atom stereocenters. The third kappa shape index (κ3) is 5.98. The van der Waals surface area contributed by atoms with Crippen LogP contribution < -0.4 is 15.5 Å². The van der Waals surface area contributed by atoms with Gasteiger partial charge in [-0.1, -0.05) is 66.2 Å². The summed E-state index contributed by atoms with van der Waals surface area (Å²) in [4.78, 5) is 27.6. The number of allylic oxidation sites excluding steroid dienone is 2. The Hall–Kier alpha value is -4.12. The molecule has 4 rings (SSSR count). The Balaban J connectivity index is 1.42. The number of carbonyl (C=O) groups is 2. The molecular formula is C28H27N3O2. The van der Waals surface area contributed by atoms with Gasteiger partial charge in [0.1, 0.15) is 6.54 Å². The van der Waals surface area contributed by atoms with Crippen molar-refractivity contribution in [2.45, 2.75) is 19.4 Å². The van der Waals surface area contributed by atoms with Crippen LogP contribution in [0, 0.1) is 0 Å². The van der Waals surface area contributed by atoms with E-state index >= 15 is 0 Å². The van der Waals surface area contributed by atoms with E-state index < -0.39 is 0 Å². The smallest absolute Gasteiger partial charge is 0.251 e. The van der Waals surface area contributed by atoms with Gasteiger partial charge in [-0.15, -0.1) is 0 Å². The maximum absolute atomic E-state index is 13.0. The van der Waals surface area contributed by atoms with E-state index in [1.807, 2.05) is 103 Å². The Labute approximate surface area is 194 Å². The number of hydrogen-bond acceptors (Lipinski definition) is 3. The summed E-state index contributed by atoms with van der Waals surface area (Å²) in [6.07, 6.45) is 4.49. The molecule has 0 aliphatic heterocycles. The van der Waals surface area contributed by atoms with Crippen LogP contribution in [0.3, 0.4) is 0 Å². The molecule has 5 heteroatoms.